The van der Waals surface area contributed by atoms with Gasteiger partial charge in [0.05, 0.1) is 16.8 Å². The maximum absolute atomic E-state index is 12.3. The zero-order valence-corrected chi connectivity index (χ0v) is 18.5. The Morgan fingerprint density at radius 3 is 2.46 bits per heavy atom. The van der Waals surface area contributed by atoms with E-state index in [9.17, 15) is 9.59 Å². The maximum atomic E-state index is 12.3. The van der Waals surface area contributed by atoms with Crippen LogP contribution in [0, 0.1) is 13.8 Å². The van der Waals surface area contributed by atoms with Crippen molar-refractivity contribution in [2.75, 3.05) is 30.0 Å². The first kappa shape index (κ1) is 21.1. The minimum absolute atomic E-state index is 0.121. The number of benzene rings is 1. The van der Waals surface area contributed by atoms with Gasteiger partial charge in [0.2, 0.25) is 0 Å². The van der Waals surface area contributed by atoms with Crippen LogP contribution in [-0.2, 0) is 9.53 Å². The number of carbonyl (C=O) groups excluding carboxylic acids is 2. The lowest BCUT2D eigenvalue weighted by Crippen LogP contribution is -2.21. The van der Waals surface area contributed by atoms with E-state index < -0.39 is 5.97 Å². The van der Waals surface area contributed by atoms with Gasteiger partial charge in [0.25, 0.3) is 5.91 Å². The van der Waals surface area contributed by atoms with Gasteiger partial charge < -0.3 is 14.8 Å². The van der Waals surface area contributed by atoms with Crippen LogP contribution in [0.5, 0.6) is 5.75 Å². The molecule has 2 heterocycles. The van der Waals surface area contributed by atoms with Crippen LogP contribution >= 0.6 is 34.9 Å². The molecule has 28 heavy (non-hydrogen) atoms. The molecule has 5 nitrogen and oxygen atoms in total. The highest BCUT2D eigenvalue weighted by molar-refractivity contribution is 8.19. The van der Waals surface area contributed by atoms with E-state index in [-0.39, 0.29) is 19.1 Å². The van der Waals surface area contributed by atoms with Crippen molar-refractivity contribution < 1.29 is 19.1 Å². The van der Waals surface area contributed by atoms with E-state index in [4.69, 9.17) is 9.47 Å². The Morgan fingerprint density at radius 1 is 1.14 bits per heavy atom. The standard InChI is InChI=1S/C20H23NO4S3/c1-4-24-19(23)17-12(2)13(3)28-18(17)21-16(22)11-25-15-7-5-14(6-8-15)20-26-9-10-27-20/h5-8,20H,4,9-11H2,1-3H3,(H,21,22). The number of anilines is 1. The molecule has 1 aromatic heterocycles. The lowest BCUT2D eigenvalue weighted by Gasteiger charge is -2.11. The summed E-state index contributed by atoms with van der Waals surface area (Å²) in [4.78, 5) is 25.5. The van der Waals surface area contributed by atoms with Crippen molar-refractivity contribution in [1.82, 2.24) is 0 Å². The van der Waals surface area contributed by atoms with E-state index in [1.54, 1.807) is 6.92 Å². The Labute approximate surface area is 177 Å². The van der Waals surface area contributed by atoms with Gasteiger partial charge in [-0.05, 0) is 44.0 Å². The lowest BCUT2D eigenvalue weighted by molar-refractivity contribution is -0.118. The summed E-state index contributed by atoms with van der Waals surface area (Å²) in [6.07, 6.45) is 0. The van der Waals surface area contributed by atoms with Gasteiger partial charge in [-0.25, -0.2) is 4.79 Å². The van der Waals surface area contributed by atoms with E-state index in [2.05, 4.69) is 5.32 Å². The third kappa shape index (κ3) is 5.04. The van der Waals surface area contributed by atoms with E-state index in [0.717, 1.165) is 10.4 Å². The molecule has 1 N–H and O–H groups in total. The van der Waals surface area contributed by atoms with Gasteiger partial charge >= 0.3 is 5.97 Å². The molecule has 0 spiro atoms. The molecule has 1 aromatic carbocycles. The molecule has 1 amide bonds. The molecule has 1 aliphatic rings. The third-order valence-corrected chi connectivity index (χ3v) is 8.49. The molecule has 0 bridgehead atoms. The highest BCUT2D eigenvalue weighted by Crippen LogP contribution is 2.45. The molecule has 1 aliphatic heterocycles. The Morgan fingerprint density at radius 2 is 1.82 bits per heavy atom. The van der Waals surface area contributed by atoms with Crippen LogP contribution in [0.1, 0.15) is 37.9 Å². The summed E-state index contributed by atoms with van der Waals surface area (Å²) in [5.41, 5.74) is 2.53. The molecular weight excluding hydrogens is 414 g/mol. The van der Waals surface area contributed by atoms with E-state index in [1.165, 1.54) is 28.4 Å². The number of ether oxygens (including phenoxy) is 2. The van der Waals surface area contributed by atoms with Crippen molar-refractivity contribution in [2.45, 2.75) is 25.4 Å². The SMILES string of the molecule is CCOC(=O)c1c(NC(=O)COc2ccc(C3SCCS3)cc2)sc(C)c1C. The minimum Gasteiger partial charge on any atom is -0.484 e. The number of hydrogen-bond donors (Lipinski definition) is 1. The van der Waals surface area contributed by atoms with Crippen LogP contribution in [-0.4, -0.2) is 36.6 Å². The summed E-state index contributed by atoms with van der Waals surface area (Å²) in [7, 11) is 0. The van der Waals surface area contributed by atoms with Crippen molar-refractivity contribution in [2.24, 2.45) is 0 Å². The third-order valence-electron chi connectivity index (χ3n) is 4.26. The number of amides is 1. The van der Waals surface area contributed by atoms with Crippen LogP contribution in [0.3, 0.4) is 0 Å². The first-order valence-electron chi connectivity index (χ1n) is 9.02. The van der Waals surface area contributed by atoms with Crippen LogP contribution in [0.4, 0.5) is 5.00 Å². The summed E-state index contributed by atoms with van der Waals surface area (Å²) >= 11 is 5.27. The van der Waals surface area contributed by atoms with Crippen LogP contribution in [0.15, 0.2) is 24.3 Å². The average molecular weight is 438 g/mol. The first-order valence-corrected chi connectivity index (χ1v) is 11.9. The minimum atomic E-state index is -0.418. The molecular formula is C20H23NO4S3. The molecule has 150 valence electrons. The predicted molar refractivity (Wildman–Crippen MR) is 118 cm³/mol. The molecule has 0 saturated carbocycles. The number of esters is 1. The molecule has 2 aromatic rings. The second-order valence-corrected chi connectivity index (χ2v) is 10.1. The number of hydrogen-bond acceptors (Lipinski definition) is 7. The Kier molecular flexibility index (Phi) is 7.31. The molecule has 3 rings (SSSR count). The largest absolute Gasteiger partial charge is 0.484 e. The quantitative estimate of drug-likeness (QED) is 0.613. The molecule has 1 fully saturated rings. The molecule has 0 radical (unpaired) electrons. The van der Waals surface area contributed by atoms with Gasteiger partial charge in [-0.2, -0.15) is 0 Å². The number of thiophene rings is 1. The van der Waals surface area contributed by atoms with Gasteiger partial charge in [-0.3, -0.25) is 4.79 Å². The normalized spacial score (nSPS) is 14.1. The predicted octanol–water partition coefficient (Wildman–Crippen LogP) is 5.04. The van der Waals surface area contributed by atoms with E-state index >= 15 is 0 Å². The van der Waals surface area contributed by atoms with Gasteiger partial charge in [0.15, 0.2) is 6.61 Å². The summed E-state index contributed by atoms with van der Waals surface area (Å²) in [6.45, 7) is 5.69. The molecule has 8 heteroatoms. The van der Waals surface area contributed by atoms with Crippen molar-refractivity contribution >= 4 is 51.7 Å². The zero-order chi connectivity index (χ0) is 20.1. The molecule has 0 aliphatic carbocycles. The van der Waals surface area contributed by atoms with E-state index in [0.29, 0.717) is 20.9 Å². The maximum Gasteiger partial charge on any atom is 0.341 e. The van der Waals surface area contributed by atoms with Gasteiger partial charge in [-0.1, -0.05) is 12.1 Å². The highest BCUT2D eigenvalue weighted by Gasteiger charge is 2.22. The number of thioether (sulfide) groups is 2. The fraction of sp³-hybridized carbons (Fsp3) is 0.400. The monoisotopic (exact) mass is 437 g/mol. The second kappa shape index (κ2) is 9.71. The van der Waals surface area contributed by atoms with Crippen LogP contribution < -0.4 is 10.1 Å². The topological polar surface area (TPSA) is 64.6 Å². The smallest absolute Gasteiger partial charge is 0.341 e. The number of nitrogens with one attached hydrogen (secondary N) is 1. The number of carbonyl (C=O) groups is 2. The van der Waals surface area contributed by atoms with Crippen molar-refractivity contribution in [1.29, 1.82) is 0 Å². The summed E-state index contributed by atoms with van der Waals surface area (Å²) < 4.78 is 11.2. The lowest BCUT2D eigenvalue weighted by atomic mass is 10.1. The average Bonchev–Trinajstić information content (AvgIpc) is 3.30. The molecule has 1 saturated heterocycles. The summed E-state index contributed by atoms with van der Waals surface area (Å²) in [5.74, 6) is 2.29. The Hall–Kier alpha value is -1.64. The molecule has 0 atom stereocenters. The second-order valence-electron chi connectivity index (χ2n) is 6.19. The fourth-order valence-corrected chi connectivity index (χ4v) is 6.67. The fourth-order valence-electron chi connectivity index (χ4n) is 2.75. The van der Waals surface area contributed by atoms with Gasteiger partial charge in [0.1, 0.15) is 10.8 Å². The van der Waals surface area contributed by atoms with Gasteiger partial charge in [0, 0.05) is 16.4 Å². The zero-order valence-electron chi connectivity index (χ0n) is 16.1. The van der Waals surface area contributed by atoms with Gasteiger partial charge in [-0.15, -0.1) is 34.9 Å². The van der Waals surface area contributed by atoms with Crippen molar-refractivity contribution in [3.05, 3.63) is 45.8 Å². The van der Waals surface area contributed by atoms with Crippen molar-refractivity contribution in [3.8, 4) is 5.75 Å². The number of rotatable bonds is 7. The Balaban J connectivity index is 1.59. The van der Waals surface area contributed by atoms with Crippen molar-refractivity contribution in [3.63, 3.8) is 0 Å². The molecule has 0 unspecified atom stereocenters. The highest BCUT2D eigenvalue weighted by atomic mass is 32.2. The number of aryl methyl sites for hydroxylation is 1. The van der Waals surface area contributed by atoms with Crippen LogP contribution in [0.2, 0.25) is 0 Å². The first-order chi connectivity index (χ1) is 13.5. The summed E-state index contributed by atoms with van der Waals surface area (Å²) in [6, 6.07) is 7.89. The Bertz CT molecular complexity index is 842. The summed E-state index contributed by atoms with van der Waals surface area (Å²) in [5, 5.41) is 3.29. The van der Waals surface area contributed by atoms with E-state index in [1.807, 2.05) is 61.6 Å². The van der Waals surface area contributed by atoms with Crippen LogP contribution in [0.25, 0.3) is 0 Å².